The average molecular weight is 186 g/mol. The number of nitrogens with zero attached hydrogens (tertiary/aromatic N) is 1. The Labute approximate surface area is 74.8 Å². The molecule has 0 radical (unpaired) electrons. The molecule has 1 aromatic heterocycles. The van der Waals surface area contributed by atoms with Crippen molar-refractivity contribution in [1.82, 2.24) is 5.16 Å². The molecule has 1 amide bonds. The molecule has 0 saturated carbocycles. The number of carbonyl (C=O) groups excluding carboxylic acids is 1. The topological polar surface area (TPSA) is 73.6 Å². The van der Waals surface area contributed by atoms with Gasteiger partial charge in [-0.3, -0.25) is 5.32 Å². The van der Waals surface area contributed by atoms with E-state index in [1.165, 1.54) is 14.2 Å². The van der Waals surface area contributed by atoms with Crippen LogP contribution >= 0.6 is 0 Å². The van der Waals surface area contributed by atoms with E-state index in [2.05, 4.69) is 15.2 Å². The number of anilines is 1. The third-order valence-corrected chi connectivity index (χ3v) is 1.26. The number of amides is 1. The molecule has 0 fully saturated rings. The van der Waals surface area contributed by atoms with Gasteiger partial charge in [0.1, 0.15) is 6.61 Å². The van der Waals surface area contributed by atoms with Crippen LogP contribution in [0.4, 0.5) is 10.6 Å². The summed E-state index contributed by atoms with van der Waals surface area (Å²) < 4.78 is 14.0. The number of ether oxygens (including phenoxy) is 2. The summed E-state index contributed by atoms with van der Waals surface area (Å²) in [6.07, 6.45) is -0.586. The van der Waals surface area contributed by atoms with Crippen LogP contribution in [0.15, 0.2) is 10.6 Å². The molecule has 0 aromatic carbocycles. The first-order valence-electron chi connectivity index (χ1n) is 3.55. The van der Waals surface area contributed by atoms with Gasteiger partial charge in [-0.2, -0.15) is 0 Å². The minimum atomic E-state index is -0.586. The van der Waals surface area contributed by atoms with Crippen molar-refractivity contribution in [2.24, 2.45) is 0 Å². The number of carbonyl (C=O) groups is 1. The fourth-order valence-electron chi connectivity index (χ4n) is 0.738. The van der Waals surface area contributed by atoms with Gasteiger partial charge in [0.05, 0.1) is 7.11 Å². The number of nitrogens with one attached hydrogen (secondary N) is 1. The third kappa shape index (κ3) is 2.75. The molecular weight excluding hydrogens is 176 g/mol. The van der Waals surface area contributed by atoms with Crippen LogP contribution in [-0.2, 0) is 16.1 Å². The van der Waals surface area contributed by atoms with Crippen LogP contribution in [-0.4, -0.2) is 25.5 Å². The van der Waals surface area contributed by atoms with E-state index >= 15 is 0 Å². The van der Waals surface area contributed by atoms with Gasteiger partial charge >= 0.3 is 6.09 Å². The summed E-state index contributed by atoms with van der Waals surface area (Å²) in [4.78, 5) is 10.7. The number of hydrogen-bond acceptors (Lipinski definition) is 5. The van der Waals surface area contributed by atoms with Gasteiger partial charge < -0.3 is 14.0 Å². The maximum Gasteiger partial charge on any atom is 0.412 e. The molecule has 72 valence electrons. The van der Waals surface area contributed by atoms with Gasteiger partial charge in [0.15, 0.2) is 11.6 Å². The second-order valence-electron chi connectivity index (χ2n) is 2.23. The summed E-state index contributed by atoms with van der Waals surface area (Å²) >= 11 is 0. The summed E-state index contributed by atoms with van der Waals surface area (Å²) in [6, 6.07) is 1.56. The molecule has 0 unspecified atom stereocenters. The van der Waals surface area contributed by atoms with Crippen molar-refractivity contribution in [2.45, 2.75) is 6.61 Å². The van der Waals surface area contributed by atoms with Crippen LogP contribution < -0.4 is 5.32 Å². The number of aromatic nitrogens is 1. The first kappa shape index (κ1) is 9.53. The summed E-state index contributed by atoms with van der Waals surface area (Å²) in [5, 5.41) is 5.90. The minimum absolute atomic E-state index is 0.305. The second-order valence-corrected chi connectivity index (χ2v) is 2.23. The molecule has 0 atom stereocenters. The predicted molar refractivity (Wildman–Crippen MR) is 43.2 cm³/mol. The Morgan fingerprint density at radius 2 is 2.46 bits per heavy atom. The van der Waals surface area contributed by atoms with Crippen LogP contribution in [0.1, 0.15) is 5.76 Å². The Morgan fingerprint density at radius 1 is 1.69 bits per heavy atom. The first-order chi connectivity index (χ1) is 6.26. The van der Waals surface area contributed by atoms with Crippen molar-refractivity contribution in [3.63, 3.8) is 0 Å². The maximum atomic E-state index is 10.7. The molecule has 1 heterocycles. The second kappa shape index (κ2) is 4.46. The highest BCUT2D eigenvalue weighted by Gasteiger charge is 2.06. The zero-order valence-electron chi connectivity index (χ0n) is 7.36. The summed E-state index contributed by atoms with van der Waals surface area (Å²) in [7, 11) is 2.81. The highest BCUT2D eigenvalue weighted by atomic mass is 16.5. The molecule has 0 bridgehead atoms. The lowest BCUT2D eigenvalue weighted by Crippen LogP contribution is -2.10. The summed E-state index contributed by atoms with van der Waals surface area (Å²) in [5.41, 5.74) is 0. The summed E-state index contributed by atoms with van der Waals surface area (Å²) in [6.45, 7) is 0.315. The molecule has 6 nitrogen and oxygen atoms in total. The van der Waals surface area contributed by atoms with Crippen molar-refractivity contribution < 1.29 is 18.8 Å². The van der Waals surface area contributed by atoms with E-state index in [1.54, 1.807) is 6.07 Å². The quantitative estimate of drug-likeness (QED) is 0.762. The SMILES string of the molecule is COCc1cc(NC(=O)OC)no1. The van der Waals surface area contributed by atoms with Gasteiger partial charge in [-0.05, 0) is 0 Å². The molecule has 0 saturated heterocycles. The molecule has 13 heavy (non-hydrogen) atoms. The number of hydrogen-bond donors (Lipinski definition) is 1. The van der Waals surface area contributed by atoms with Gasteiger partial charge in [-0.1, -0.05) is 5.16 Å². The van der Waals surface area contributed by atoms with Crippen LogP contribution in [0.5, 0.6) is 0 Å². The van der Waals surface area contributed by atoms with E-state index in [0.717, 1.165) is 0 Å². The number of rotatable bonds is 3. The molecule has 1 rings (SSSR count). The fraction of sp³-hybridized carbons (Fsp3) is 0.429. The molecule has 6 heteroatoms. The lowest BCUT2D eigenvalue weighted by molar-refractivity contribution is 0.156. The maximum absolute atomic E-state index is 10.7. The highest BCUT2D eigenvalue weighted by Crippen LogP contribution is 2.09. The molecular formula is C7H10N2O4. The lowest BCUT2D eigenvalue weighted by Gasteiger charge is -1.95. The average Bonchev–Trinajstić information content (AvgIpc) is 2.53. The Bertz CT molecular complexity index is 284. The Kier molecular flexibility index (Phi) is 3.27. The van der Waals surface area contributed by atoms with E-state index in [9.17, 15) is 4.79 Å². The van der Waals surface area contributed by atoms with Gasteiger partial charge in [-0.25, -0.2) is 4.79 Å². The molecule has 0 aliphatic rings. The van der Waals surface area contributed by atoms with Gasteiger partial charge in [-0.15, -0.1) is 0 Å². The monoisotopic (exact) mass is 186 g/mol. The van der Waals surface area contributed by atoms with Gasteiger partial charge in [0.2, 0.25) is 0 Å². The van der Waals surface area contributed by atoms with E-state index in [4.69, 9.17) is 9.26 Å². The standard InChI is InChI=1S/C7H10N2O4/c1-11-4-5-3-6(9-13-5)8-7(10)12-2/h3H,4H2,1-2H3,(H,8,9,10). The van der Waals surface area contributed by atoms with Crippen molar-refractivity contribution in [3.8, 4) is 0 Å². The normalized spacial score (nSPS) is 9.69. The molecule has 0 aliphatic carbocycles. The van der Waals surface area contributed by atoms with Gasteiger partial charge in [0.25, 0.3) is 0 Å². The Hall–Kier alpha value is -1.56. The Morgan fingerprint density at radius 3 is 3.08 bits per heavy atom. The fourth-order valence-corrected chi connectivity index (χ4v) is 0.738. The van der Waals surface area contributed by atoms with Crippen LogP contribution in [0.25, 0.3) is 0 Å². The predicted octanol–water partition coefficient (Wildman–Crippen LogP) is 0.999. The van der Waals surface area contributed by atoms with Gasteiger partial charge in [0, 0.05) is 13.2 Å². The molecule has 0 aliphatic heterocycles. The zero-order chi connectivity index (χ0) is 9.68. The van der Waals surface area contributed by atoms with E-state index < -0.39 is 6.09 Å². The zero-order valence-corrected chi connectivity index (χ0v) is 7.36. The first-order valence-corrected chi connectivity index (χ1v) is 3.55. The van der Waals surface area contributed by atoms with Crippen molar-refractivity contribution in [2.75, 3.05) is 19.5 Å². The number of methoxy groups -OCH3 is 2. The smallest absolute Gasteiger partial charge is 0.412 e. The van der Waals surface area contributed by atoms with Crippen molar-refractivity contribution in [3.05, 3.63) is 11.8 Å². The lowest BCUT2D eigenvalue weighted by atomic mass is 10.5. The largest absolute Gasteiger partial charge is 0.453 e. The molecule has 0 spiro atoms. The molecule has 1 N–H and O–H groups in total. The van der Waals surface area contributed by atoms with Crippen molar-refractivity contribution >= 4 is 11.9 Å². The van der Waals surface area contributed by atoms with Crippen molar-refractivity contribution in [1.29, 1.82) is 0 Å². The van der Waals surface area contributed by atoms with E-state index in [-0.39, 0.29) is 0 Å². The van der Waals surface area contributed by atoms with E-state index in [0.29, 0.717) is 18.2 Å². The summed E-state index contributed by atoms with van der Waals surface area (Å²) in [5.74, 6) is 0.841. The molecule has 1 aromatic rings. The van der Waals surface area contributed by atoms with Crippen LogP contribution in [0, 0.1) is 0 Å². The Balaban J connectivity index is 2.53. The van der Waals surface area contributed by atoms with Crippen LogP contribution in [0.3, 0.4) is 0 Å². The third-order valence-electron chi connectivity index (χ3n) is 1.26. The minimum Gasteiger partial charge on any atom is -0.453 e. The highest BCUT2D eigenvalue weighted by molar-refractivity contribution is 5.82. The van der Waals surface area contributed by atoms with Crippen LogP contribution in [0.2, 0.25) is 0 Å². The van der Waals surface area contributed by atoms with E-state index in [1.807, 2.05) is 0 Å².